The molecule has 6 nitrogen and oxygen atoms in total. The summed E-state index contributed by atoms with van der Waals surface area (Å²) in [4.78, 5) is 24.8. The molecule has 1 aromatic carbocycles. The van der Waals surface area contributed by atoms with Gasteiger partial charge in [0.2, 0.25) is 0 Å². The number of benzene rings is 1. The molecular weight excluding hydrogens is 298 g/mol. The van der Waals surface area contributed by atoms with E-state index in [-0.39, 0.29) is 19.1 Å². The predicted molar refractivity (Wildman–Crippen MR) is 84.0 cm³/mol. The molecule has 1 unspecified atom stereocenters. The summed E-state index contributed by atoms with van der Waals surface area (Å²) in [6.07, 6.45) is -0.666. The number of carboxylic acid groups (broad SMARTS) is 1. The topological polar surface area (TPSA) is 76.1 Å². The van der Waals surface area contributed by atoms with Crippen molar-refractivity contribution < 1.29 is 24.2 Å². The van der Waals surface area contributed by atoms with Gasteiger partial charge in [-0.05, 0) is 26.3 Å². The number of nitrogens with zero attached hydrogens (tertiary/aromatic N) is 1. The van der Waals surface area contributed by atoms with Crippen molar-refractivity contribution in [2.45, 2.75) is 51.5 Å². The molecule has 1 fully saturated rings. The Kier molecular flexibility index (Phi) is 5.26. The monoisotopic (exact) mass is 321 g/mol. The highest BCUT2D eigenvalue weighted by atomic mass is 16.6. The van der Waals surface area contributed by atoms with E-state index >= 15 is 0 Å². The minimum Gasteiger partial charge on any atom is -0.480 e. The molecule has 2 atom stereocenters. The summed E-state index contributed by atoms with van der Waals surface area (Å²) in [5.41, 5.74) is 0.346. The Hall–Kier alpha value is -2.08. The number of hydrogen-bond acceptors (Lipinski definition) is 4. The van der Waals surface area contributed by atoms with E-state index in [1.54, 1.807) is 20.8 Å². The van der Waals surface area contributed by atoms with Crippen molar-refractivity contribution in [1.29, 1.82) is 0 Å². The average Bonchev–Trinajstić information content (AvgIpc) is 2.89. The molecule has 1 N–H and O–H groups in total. The number of amides is 1. The first kappa shape index (κ1) is 17.3. The largest absolute Gasteiger partial charge is 0.480 e. The van der Waals surface area contributed by atoms with Gasteiger partial charge in [0.25, 0.3) is 0 Å². The van der Waals surface area contributed by atoms with Crippen molar-refractivity contribution in [3.05, 3.63) is 35.9 Å². The number of ether oxygens (including phenoxy) is 2. The first-order chi connectivity index (χ1) is 10.8. The van der Waals surface area contributed by atoms with Crippen LogP contribution in [0, 0.1) is 0 Å². The lowest BCUT2D eigenvalue weighted by Crippen LogP contribution is -2.43. The number of carbonyl (C=O) groups excluding carboxylic acids is 1. The molecule has 0 spiro atoms. The second kappa shape index (κ2) is 7.00. The van der Waals surface area contributed by atoms with Gasteiger partial charge >= 0.3 is 12.1 Å². The molecule has 1 aromatic rings. The zero-order valence-electron chi connectivity index (χ0n) is 13.7. The molecule has 1 aliphatic rings. The number of aliphatic carboxylic acids is 1. The van der Waals surface area contributed by atoms with Gasteiger partial charge in [0.15, 0.2) is 0 Å². The van der Waals surface area contributed by atoms with E-state index in [0.29, 0.717) is 6.61 Å². The zero-order valence-corrected chi connectivity index (χ0v) is 13.7. The van der Waals surface area contributed by atoms with Crippen molar-refractivity contribution >= 4 is 12.1 Å². The van der Waals surface area contributed by atoms with Crippen LogP contribution in [0.25, 0.3) is 0 Å². The van der Waals surface area contributed by atoms with E-state index in [1.165, 1.54) is 4.90 Å². The van der Waals surface area contributed by atoms with E-state index in [9.17, 15) is 14.7 Å². The van der Waals surface area contributed by atoms with Gasteiger partial charge < -0.3 is 14.6 Å². The summed E-state index contributed by atoms with van der Waals surface area (Å²) < 4.78 is 11.0. The molecule has 1 amide bonds. The van der Waals surface area contributed by atoms with E-state index in [0.717, 1.165) is 5.56 Å². The second-order valence-electron chi connectivity index (χ2n) is 6.64. The lowest BCUT2D eigenvalue weighted by Gasteiger charge is -2.26. The van der Waals surface area contributed by atoms with Crippen LogP contribution in [0.4, 0.5) is 4.79 Å². The van der Waals surface area contributed by atoms with Gasteiger partial charge in [-0.3, -0.25) is 4.90 Å². The minimum absolute atomic E-state index is 0.221. The summed E-state index contributed by atoms with van der Waals surface area (Å²) in [5.74, 6) is -1.04. The first-order valence-electron chi connectivity index (χ1n) is 7.64. The molecule has 1 aliphatic heterocycles. The molecular formula is C17H23NO5. The maximum Gasteiger partial charge on any atom is 0.411 e. The molecule has 0 aromatic heterocycles. The third-order valence-corrected chi connectivity index (χ3v) is 3.50. The average molecular weight is 321 g/mol. The van der Waals surface area contributed by atoms with Crippen LogP contribution in [0.15, 0.2) is 30.3 Å². The van der Waals surface area contributed by atoms with Gasteiger partial charge in [0, 0.05) is 6.42 Å². The lowest BCUT2D eigenvalue weighted by molar-refractivity contribution is -0.142. The van der Waals surface area contributed by atoms with Crippen LogP contribution < -0.4 is 0 Å². The summed E-state index contributed by atoms with van der Waals surface area (Å²) in [5, 5.41) is 9.33. The number of carbonyl (C=O) groups is 2. The normalized spacial score (nSPS) is 21.3. The van der Waals surface area contributed by atoms with Gasteiger partial charge in [-0.2, -0.15) is 0 Å². The van der Waals surface area contributed by atoms with Gasteiger partial charge in [-0.25, -0.2) is 9.59 Å². The standard InChI is InChI=1S/C17H23NO5/c1-17(2,3)23-16(21)18-10-13(9-14(18)15(19)20)22-11-12-7-5-4-6-8-12/h4-8,13-14H,9-11H2,1-3H3,(H,19,20)/t13-,14?/m1/s1. The van der Waals surface area contributed by atoms with E-state index in [1.807, 2.05) is 30.3 Å². The fourth-order valence-corrected chi connectivity index (χ4v) is 2.46. The number of likely N-dealkylation sites (tertiary alicyclic amines) is 1. The predicted octanol–water partition coefficient (Wildman–Crippen LogP) is 2.67. The summed E-state index contributed by atoms with van der Waals surface area (Å²) in [7, 11) is 0. The Morgan fingerprint density at radius 1 is 1.26 bits per heavy atom. The molecule has 0 radical (unpaired) electrons. The zero-order chi connectivity index (χ0) is 17.0. The Morgan fingerprint density at radius 2 is 1.91 bits per heavy atom. The molecule has 0 aliphatic carbocycles. The number of hydrogen-bond donors (Lipinski definition) is 1. The van der Waals surface area contributed by atoms with Gasteiger partial charge in [0.1, 0.15) is 11.6 Å². The van der Waals surface area contributed by atoms with Crippen LogP contribution in [0.5, 0.6) is 0 Å². The van der Waals surface area contributed by atoms with Gasteiger partial charge in [0.05, 0.1) is 19.3 Å². The maximum atomic E-state index is 12.2. The van der Waals surface area contributed by atoms with Crippen molar-refractivity contribution in [3.8, 4) is 0 Å². The smallest absolute Gasteiger partial charge is 0.411 e. The van der Waals surface area contributed by atoms with Crippen molar-refractivity contribution in [3.63, 3.8) is 0 Å². The quantitative estimate of drug-likeness (QED) is 0.922. The molecule has 1 heterocycles. The number of carboxylic acids is 1. The second-order valence-corrected chi connectivity index (χ2v) is 6.64. The molecule has 2 rings (SSSR count). The molecule has 126 valence electrons. The van der Waals surface area contributed by atoms with E-state index in [2.05, 4.69) is 0 Å². The van der Waals surface area contributed by atoms with Crippen molar-refractivity contribution in [2.24, 2.45) is 0 Å². The van der Waals surface area contributed by atoms with Crippen LogP contribution in [-0.2, 0) is 20.9 Å². The van der Waals surface area contributed by atoms with Crippen LogP contribution in [0.3, 0.4) is 0 Å². The third kappa shape index (κ3) is 4.96. The fourth-order valence-electron chi connectivity index (χ4n) is 2.46. The lowest BCUT2D eigenvalue weighted by atomic mass is 10.2. The van der Waals surface area contributed by atoms with Gasteiger partial charge in [-0.1, -0.05) is 30.3 Å². The minimum atomic E-state index is -1.04. The summed E-state index contributed by atoms with van der Waals surface area (Å²) >= 11 is 0. The molecule has 1 saturated heterocycles. The highest BCUT2D eigenvalue weighted by Crippen LogP contribution is 2.24. The van der Waals surface area contributed by atoms with Crippen LogP contribution in [-0.4, -0.2) is 46.4 Å². The highest BCUT2D eigenvalue weighted by Gasteiger charge is 2.42. The Bertz CT molecular complexity index is 552. The van der Waals surface area contributed by atoms with Crippen LogP contribution in [0.1, 0.15) is 32.8 Å². The van der Waals surface area contributed by atoms with Crippen LogP contribution in [0.2, 0.25) is 0 Å². The Labute approximate surface area is 136 Å². The molecule has 6 heteroatoms. The third-order valence-electron chi connectivity index (χ3n) is 3.50. The molecule has 0 bridgehead atoms. The van der Waals surface area contributed by atoms with Crippen LogP contribution >= 0.6 is 0 Å². The summed E-state index contributed by atoms with van der Waals surface area (Å²) in [6.45, 7) is 5.86. The highest BCUT2D eigenvalue weighted by molar-refractivity contribution is 5.81. The van der Waals surface area contributed by atoms with Crippen molar-refractivity contribution in [2.75, 3.05) is 6.54 Å². The van der Waals surface area contributed by atoms with Gasteiger partial charge in [-0.15, -0.1) is 0 Å². The Morgan fingerprint density at radius 3 is 2.48 bits per heavy atom. The van der Waals surface area contributed by atoms with Crippen molar-refractivity contribution in [1.82, 2.24) is 4.90 Å². The number of rotatable bonds is 4. The summed E-state index contributed by atoms with van der Waals surface area (Å²) in [6, 6.07) is 8.72. The maximum absolute atomic E-state index is 12.2. The Balaban J connectivity index is 1.97. The SMILES string of the molecule is CC(C)(C)OC(=O)N1C[C@H](OCc2ccccc2)CC1C(=O)O. The molecule has 0 saturated carbocycles. The van der Waals surface area contributed by atoms with E-state index < -0.39 is 23.7 Å². The first-order valence-corrected chi connectivity index (χ1v) is 7.64. The fraction of sp³-hybridized carbons (Fsp3) is 0.529. The molecule has 23 heavy (non-hydrogen) atoms. The van der Waals surface area contributed by atoms with E-state index in [4.69, 9.17) is 9.47 Å².